The Labute approximate surface area is 161 Å². The van der Waals surface area contributed by atoms with E-state index in [4.69, 9.17) is 4.74 Å². The molecule has 4 rings (SSSR count). The zero-order chi connectivity index (χ0) is 19.0. The normalized spacial score (nSPS) is 22.4. The molecular weight excluding hydrogens is 362 g/mol. The zero-order valence-corrected chi connectivity index (χ0v) is 15.8. The summed E-state index contributed by atoms with van der Waals surface area (Å²) in [5.74, 6) is 0.264. The first-order chi connectivity index (χ1) is 13.1. The van der Waals surface area contributed by atoms with E-state index in [1.54, 1.807) is 29.5 Å². The second-order valence-electron chi connectivity index (χ2n) is 6.90. The Kier molecular flexibility index (Phi) is 4.74. The Morgan fingerprint density at radius 3 is 2.81 bits per heavy atom. The molecule has 2 N–H and O–H groups in total. The predicted molar refractivity (Wildman–Crippen MR) is 103 cm³/mol. The minimum Gasteiger partial charge on any atom is -0.504 e. The molecule has 6 heteroatoms. The molecule has 2 aliphatic rings. The first kappa shape index (κ1) is 17.8. The molecule has 0 fully saturated rings. The Balaban J connectivity index is 1.72. The van der Waals surface area contributed by atoms with Crippen LogP contribution in [-0.4, -0.2) is 23.4 Å². The fourth-order valence-corrected chi connectivity index (χ4v) is 4.82. The van der Waals surface area contributed by atoms with Gasteiger partial charge < -0.3 is 15.2 Å². The molecule has 0 radical (unpaired) electrons. The van der Waals surface area contributed by atoms with Gasteiger partial charge in [-0.15, -0.1) is 11.3 Å². The molecule has 140 valence electrons. The highest BCUT2D eigenvalue weighted by Crippen LogP contribution is 2.44. The van der Waals surface area contributed by atoms with Gasteiger partial charge in [-0.2, -0.15) is 0 Å². The maximum Gasteiger partial charge on any atom is 0.225 e. The Morgan fingerprint density at radius 1 is 1.22 bits per heavy atom. The lowest BCUT2D eigenvalue weighted by atomic mass is 9.74. The highest BCUT2D eigenvalue weighted by molar-refractivity contribution is 7.10. The first-order valence-electron chi connectivity index (χ1n) is 9.12. The van der Waals surface area contributed by atoms with Crippen molar-refractivity contribution in [3.63, 3.8) is 0 Å². The van der Waals surface area contributed by atoms with Crippen LogP contribution in [0.3, 0.4) is 0 Å². The predicted octanol–water partition coefficient (Wildman–Crippen LogP) is 3.86. The van der Waals surface area contributed by atoms with Gasteiger partial charge in [-0.25, -0.2) is 0 Å². The molecule has 1 aliphatic carbocycles. The number of thiophene rings is 1. The molecule has 5 nitrogen and oxygen atoms in total. The van der Waals surface area contributed by atoms with Crippen molar-refractivity contribution < 1.29 is 19.4 Å². The number of hydrogen-bond acceptors (Lipinski definition) is 5. The number of allylic oxidation sites excluding steroid dienone is 2. The first-order valence-corrected chi connectivity index (χ1v) is 10.00. The maximum atomic E-state index is 13.0. The molecule has 1 aromatic carbocycles. The van der Waals surface area contributed by atoms with Crippen molar-refractivity contribution in [3.8, 4) is 11.5 Å². The summed E-state index contributed by atoms with van der Waals surface area (Å²) in [6, 6.07) is 9.11. The number of benzene rings is 1. The summed E-state index contributed by atoms with van der Waals surface area (Å²) >= 11 is 1.65. The van der Waals surface area contributed by atoms with Gasteiger partial charge in [0.15, 0.2) is 17.3 Å². The van der Waals surface area contributed by atoms with Gasteiger partial charge in [-0.05, 0) is 42.5 Å². The van der Waals surface area contributed by atoms with E-state index in [0.29, 0.717) is 30.8 Å². The second-order valence-corrected chi connectivity index (χ2v) is 7.88. The summed E-state index contributed by atoms with van der Waals surface area (Å²) in [6.07, 6.45) is 1.35. The smallest absolute Gasteiger partial charge is 0.225 e. The highest BCUT2D eigenvalue weighted by atomic mass is 32.1. The van der Waals surface area contributed by atoms with E-state index in [9.17, 15) is 14.7 Å². The summed E-state index contributed by atoms with van der Waals surface area (Å²) in [4.78, 5) is 26.5. The summed E-state index contributed by atoms with van der Waals surface area (Å²) < 4.78 is 5.47. The van der Waals surface area contributed by atoms with Crippen LogP contribution in [0.2, 0.25) is 0 Å². The van der Waals surface area contributed by atoms with Crippen LogP contribution in [0.4, 0.5) is 0 Å². The second kappa shape index (κ2) is 7.19. The number of hydrogen-bond donors (Lipinski definition) is 2. The molecule has 1 aliphatic heterocycles. The van der Waals surface area contributed by atoms with Gasteiger partial charge in [0.2, 0.25) is 5.91 Å². The summed E-state index contributed by atoms with van der Waals surface area (Å²) in [5.41, 5.74) is 2.27. The summed E-state index contributed by atoms with van der Waals surface area (Å²) in [5, 5.41) is 14.9. The van der Waals surface area contributed by atoms with Crippen LogP contribution in [0.15, 0.2) is 47.0 Å². The largest absolute Gasteiger partial charge is 0.504 e. The van der Waals surface area contributed by atoms with Crippen LogP contribution in [0, 0.1) is 0 Å². The van der Waals surface area contributed by atoms with Crippen LogP contribution in [-0.2, 0) is 9.59 Å². The molecule has 0 bridgehead atoms. The van der Waals surface area contributed by atoms with Gasteiger partial charge in [0.25, 0.3) is 0 Å². The van der Waals surface area contributed by atoms with Gasteiger partial charge in [0.1, 0.15) is 0 Å². The van der Waals surface area contributed by atoms with E-state index >= 15 is 0 Å². The number of rotatable bonds is 4. The third-order valence-electron chi connectivity index (χ3n) is 5.17. The summed E-state index contributed by atoms with van der Waals surface area (Å²) in [7, 11) is 0. The minimum atomic E-state index is -0.301. The molecule has 0 unspecified atom stereocenters. The third-order valence-corrected chi connectivity index (χ3v) is 6.20. The number of amides is 1. The molecule has 0 spiro atoms. The van der Waals surface area contributed by atoms with Crippen LogP contribution in [0.5, 0.6) is 11.5 Å². The Morgan fingerprint density at radius 2 is 2.07 bits per heavy atom. The lowest BCUT2D eigenvalue weighted by molar-refractivity contribution is -0.122. The molecule has 0 saturated heterocycles. The third kappa shape index (κ3) is 3.37. The fourth-order valence-electron chi connectivity index (χ4n) is 3.99. The SMILES string of the molecule is CCOc1cc([C@@H]2CC(=O)NC3=C2C(=O)C[C@H](c2cccs2)C3)ccc1O. The van der Waals surface area contributed by atoms with Gasteiger partial charge >= 0.3 is 0 Å². The number of carbonyl (C=O) groups is 2. The lowest BCUT2D eigenvalue weighted by Gasteiger charge is -2.34. The average Bonchev–Trinajstić information content (AvgIpc) is 3.17. The number of ketones is 1. The monoisotopic (exact) mass is 383 g/mol. The number of nitrogens with one attached hydrogen (secondary N) is 1. The van der Waals surface area contributed by atoms with Gasteiger partial charge in [-0.3, -0.25) is 9.59 Å². The minimum absolute atomic E-state index is 0.0581. The Hall–Kier alpha value is -2.60. The van der Waals surface area contributed by atoms with Crippen molar-refractivity contribution in [2.45, 2.75) is 38.0 Å². The number of aromatic hydroxyl groups is 1. The van der Waals surface area contributed by atoms with E-state index in [1.807, 2.05) is 24.4 Å². The summed E-state index contributed by atoms with van der Waals surface area (Å²) in [6.45, 7) is 2.27. The van der Waals surface area contributed by atoms with Crippen molar-refractivity contribution in [1.82, 2.24) is 5.32 Å². The molecule has 2 aromatic rings. The van der Waals surface area contributed by atoms with Gasteiger partial charge in [0, 0.05) is 40.8 Å². The number of phenols is 1. The van der Waals surface area contributed by atoms with Crippen LogP contribution in [0.1, 0.15) is 48.5 Å². The number of carbonyl (C=O) groups excluding carboxylic acids is 2. The van der Waals surface area contributed by atoms with Crippen molar-refractivity contribution in [3.05, 3.63) is 57.4 Å². The van der Waals surface area contributed by atoms with Crippen LogP contribution < -0.4 is 10.1 Å². The highest BCUT2D eigenvalue weighted by Gasteiger charge is 2.38. The molecule has 1 amide bonds. The molecule has 2 heterocycles. The maximum absolute atomic E-state index is 13.0. The van der Waals surface area contributed by atoms with Crippen molar-refractivity contribution >= 4 is 23.0 Å². The topological polar surface area (TPSA) is 75.6 Å². The number of Topliss-reactive ketones (excluding diaryl/α,β-unsaturated/α-hetero) is 1. The quantitative estimate of drug-likeness (QED) is 0.841. The molecule has 1 aromatic heterocycles. The van der Waals surface area contributed by atoms with Gasteiger partial charge in [-0.1, -0.05) is 12.1 Å². The van der Waals surface area contributed by atoms with E-state index in [2.05, 4.69) is 5.32 Å². The van der Waals surface area contributed by atoms with Gasteiger partial charge in [0.05, 0.1) is 6.61 Å². The zero-order valence-electron chi connectivity index (χ0n) is 15.0. The van der Waals surface area contributed by atoms with Crippen molar-refractivity contribution in [1.29, 1.82) is 0 Å². The number of phenolic OH excluding ortho intramolecular Hbond substituents is 1. The molecule has 0 saturated carbocycles. The van der Waals surface area contributed by atoms with E-state index in [0.717, 1.165) is 11.3 Å². The lowest BCUT2D eigenvalue weighted by Crippen LogP contribution is -2.38. The fraction of sp³-hybridized carbons (Fsp3) is 0.333. The molecule has 2 atom stereocenters. The van der Waals surface area contributed by atoms with E-state index < -0.39 is 0 Å². The van der Waals surface area contributed by atoms with Crippen LogP contribution in [0.25, 0.3) is 0 Å². The number of ether oxygens (including phenoxy) is 1. The van der Waals surface area contributed by atoms with Crippen LogP contribution >= 0.6 is 11.3 Å². The standard InChI is InChI=1S/C21H21NO4S/c1-2-26-18-10-12(5-6-16(18)23)14-11-20(25)22-15-8-13(9-17(24)21(14)15)19-4-3-7-27-19/h3-7,10,13-14,23H,2,8-9,11H2,1H3,(H,22,25)/t13-,14+/m1/s1. The van der Waals surface area contributed by atoms with Crippen molar-refractivity contribution in [2.75, 3.05) is 6.61 Å². The van der Waals surface area contributed by atoms with Crippen molar-refractivity contribution in [2.24, 2.45) is 0 Å². The molecular formula is C21H21NO4S. The van der Waals surface area contributed by atoms with E-state index in [1.165, 1.54) is 4.88 Å². The average molecular weight is 383 g/mol. The molecule has 27 heavy (non-hydrogen) atoms. The van der Waals surface area contributed by atoms with E-state index in [-0.39, 0.29) is 35.7 Å². The Bertz CT molecular complexity index is 916.